The number of pyridine rings is 2. The molecule has 0 bridgehead atoms. The molecule has 4 aromatic rings. The number of nitrogens with one attached hydrogen (secondary N) is 3. The first-order chi connectivity index (χ1) is 19.4. The van der Waals surface area contributed by atoms with E-state index in [4.69, 9.17) is 44.3 Å². The number of amides is 1. The lowest BCUT2D eigenvalue weighted by Gasteiger charge is -2.15. The molecule has 0 aliphatic heterocycles. The summed E-state index contributed by atoms with van der Waals surface area (Å²) in [4.78, 5) is 21.6. The summed E-state index contributed by atoms with van der Waals surface area (Å²) >= 11 is 20.0. The molecule has 11 heteroatoms. The minimum absolute atomic E-state index is 0.0716. The van der Waals surface area contributed by atoms with E-state index in [9.17, 15) is 4.79 Å². The molecule has 1 amide bonds. The van der Waals surface area contributed by atoms with Crippen LogP contribution in [0.15, 0.2) is 60.8 Å². The minimum Gasteiger partial charge on any atom is -0.486 e. The van der Waals surface area contributed by atoms with Crippen molar-refractivity contribution in [3.05, 3.63) is 98.4 Å². The highest BCUT2D eigenvalue weighted by atomic mass is 35.5. The molecule has 0 aliphatic rings. The number of benzene rings is 2. The second-order valence-corrected chi connectivity index (χ2v) is 9.89. The average molecular weight is 601 g/mol. The summed E-state index contributed by atoms with van der Waals surface area (Å²) in [6, 6.07) is 16.0. The minimum atomic E-state index is -0.376. The first-order valence-electron chi connectivity index (χ1n) is 12.3. The van der Waals surface area contributed by atoms with Crippen LogP contribution in [0, 0.1) is 0 Å². The van der Waals surface area contributed by atoms with Gasteiger partial charge in [-0.1, -0.05) is 65.1 Å². The highest BCUT2D eigenvalue weighted by molar-refractivity contribution is 6.39. The third kappa shape index (κ3) is 6.83. The van der Waals surface area contributed by atoms with Crippen molar-refractivity contribution in [2.45, 2.75) is 19.7 Å². The van der Waals surface area contributed by atoms with E-state index in [0.717, 1.165) is 11.1 Å². The fourth-order valence-corrected chi connectivity index (χ4v) is 4.79. The van der Waals surface area contributed by atoms with E-state index in [-0.39, 0.29) is 18.2 Å². The van der Waals surface area contributed by atoms with Gasteiger partial charge in [0.2, 0.25) is 5.88 Å². The number of aromatic nitrogens is 2. The Morgan fingerprint density at radius 1 is 0.925 bits per heavy atom. The van der Waals surface area contributed by atoms with E-state index in [1.54, 1.807) is 49.7 Å². The van der Waals surface area contributed by atoms with Crippen molar-refractivity contribution >= 4 is 46.4 Å². The lowest BCUT2D eigenvalue weighted by atomic mass is 10.0. The van der Waals surface area contributed by atoms with Gasteiger partial charge < -0.3 is 25.4 Å². The van der Waals surface area contributed by atoms with Crippen molar-refractivity contribution in [1.29, 1.82) is 0 Å². The molecule has 2 aromatic heterocycles. The average Bonchev–Trinajstić information content (AvgIpc) is 2.95. The Kier molecular flexibility index (Phi) is 10.2. The number of anilines is 1. The highest BCUT2D eigenvalue weighted by Gasteiger charge is 2.18. The van der Waals surface area contributed by atoms with Gasteiger partial charge in [0.15, 0.2) is 0 Å². The maximum atomic E-state index is 12.8. The third-order valence-electron chi connectivity index (χ3n) is 5.95. The normalized spacial score (nSPS) is 10.8. The second kappa shape index (κ2) is 13.8. The predicted octanol–water partition coefficient (Wildman–Crippen LogP) is 6.38. The monoisotopic (exact) mass is 599 g/mol. The number of hydrogen-bond donors (Lipinski definition) is 3. The van der Waals surface area contributed by atoms with Crippen LogP contribution in [0.1, 0.15) is 27.3 Å². The molecular formula is C29H28Cl3N5O3. The summed E-state index contributed by atoms with van der Waals surface area (Å²) < 4.78 is 11.4. The van der Waals surface area contributed by atoms with Crippen LogP contribution >= 0.6 is 34.8 Å². The van der Waals surface area contributed by atoms with Crippen LogP contribution in [0.3, 0.4) is 0 Å². The van der Waals surface area contributed by atoms with Crippen LogP contribution in [0.25, 0.3) is 11.1 Å². The molecule has 0 saturated heterocycles. The highest BCUT2D eigenvalue weighted by Crippen LogP contribution is 2.41. The van der Waals surface area contributed by atoms with E-state index < -0.39 is 0 Å². The molecule has 4 rings (SSSR count). The third-order valence-corrected chi connectivity index (χ3v) is 7.08. The molecule has 208 valence electrons. The number of carbonyl (C=O) groups is 1. The number of ether oxygens (including phenoxy) is 2. The van der Waals surface area contributed by atoms with Crippen molar-refractivity contribution < 1.29 is 14.3 Å². The first kappa shape index (κ1) is 29.6. The molecule has 8 nitrogen and oxygen atoms in total. The van der Waals surface area contributed by atoms with Gasteiger partial charge in [-0.25, -0.2) is 4.98 Å². The zero-order valence-corrected chi connectivity index (χ0v) is 24.4. The Labute approximate surface area is 248 Å². The summed E-state index contributed by atoms with van der Waals surface area (Å²) in [5.41, 5.74) is 4.28. The van der Waals surface area contributed by atoms with Crippen LogP contribution in [0.4, 0.5) is 5.69 Å². The van der Waals surface area contributed by atoms with Crippen LogP contribution in [-0.4, -0.2) is 37.1 Å². The number of halogens is 3. The fourth-order valence-electron chi connectivity index (χ4n) is 4.01. The zero-order valence-electron chi connectivity index (χ0n) is 22.1. The molecule has 0 spiro atoms. The van der Waals surface area contributed by atoms with Crippen LogP contribution < -0.4 is 25.4 Å². The molecule has 0 radical (unpaired) electrons. The zero-order chi connectivity index (χ0) is 28.6. The van der Waals surface area contributed by atoms with E-state index >= 15 is 0 Å². The maximum absolute atomic E-state index is 12.8. The topological polar surface area (TPSA) is 97.4 Å². The Balaban J connectivity index is 1.54. The predicted molar refractivity (Wildman–Crippen MR) is 160 cm³/mol. The van der Waals surface area contributed by atoms with E-state index in [1.807, 2.05) is 32.3 Å². The Bertz CT molecular complexity index is 1500. The molecule has 0 atom stereocenters. The van der Waals surface area contributed by atoms with Gasteiger partial charge >= 0.3 is 0 Å². The number of nitrogens with zero attached hydrogens (tertiary/aromatic N) is 2. The molecule has 3 N–H and O–H groups in total. The molecule has 0 saturated carbocycles. The standard InChI is InChI=1S/C29H28Cl3N5O3/c1-33-13-17-10-11-23(35-14-17)28(38)36-22-8-4-6-19(26(22)31)20-7-5-9-25(27(20)32)40-16-24-21(30)12-18(15-34-2)29(37-24)39-3/h4-12,14,33-34H,13,15-16H2,1-3H3,(H,36,38). The number of carbonyl (C=O) groups excluding carboxylic acids is 1. The summed E-state index contributed by atoms with van der Waals surface area (Å²) in [5.74, 6) is 0.511. The largest absolute Gasteiger partial charge is 0.486 e. The molecule has 2 aromatic carbocycles. The molecular weight excluding hydrogens is 573 g/mol. The Hall–Kier alpha value is -3.40. The van der Waals surface area contributed by atoms with Crippen molar-refractivity contribution in [3.8, 4) is 22.8 Å². The smallest absolute Gasteiger partial charge is 0.274 e. The summed E-state index contributed by atoms with van der Waals surface area (Å²) in [6.07, 6.45) is 1.66. The van der Waals surface area contributed by atoms with E-state index in [1.165, 1.54) is 0 Å². The quantitative estimate of drug-likeness (QED) is 0.184. The molecule has 0 fully saturated rings. The maximum Gasteiger partial charge on any atom is 0.274 e. The van der Waals surface area contributed by atoms with Gasteiger partial charge in [0.05, 0.1) is 27.9 Å². The van der Waals surface area contributed by atoms with Gasteiger partial charge in [0.1, 0.15) is 23.7 Å². The van der Waals surface area contributed by atoms with Crippen molar-refractivity contribution in [1.82, 2.24) is 20.6 Å². The summed E-state index contributed by atoms with van der Waals surface area (Å²) in [7, 11) is 5.23. The van der Waals surface area contributed by atoms with Crippen LogP contribution in [0.5, 0.6) is 11.6 Å². The van der Waals surface area contributed by atoms with Gasteiger partial charge in [0, 0.05) is 36.0 Å². The Morgan fingerprint density at radius 2 is 1.65 bits per heavy atom. The Morgan fingerprint density at radius 3 is 2.33 bits per heavy atom. The van der Waals surface area contributed by atoms with Crippen LogP contribution in [-0.2, 0) is 19.7 Å². The summed E-state index contributed by atoms with van der Waals surface area (Å²) in [5, 5.41) is 10.1. The van der Waals surface area contributed by atoms with Crippen molar-refractivity contribution in [2.24, 2.45) is 0 Å². The van der Waals surface area contributed by atoms with Crippen LogP contribution in [0.2, 0.25) is 15.1 Å². The van der Waals surface area contributed by atoms with Gasteiger partial charge in [-0.05, 0) is 43.9 Å². The fraction of sp³-hybridized carbons (Fsp3) is 0.207. The van der Waals surface area contributed by atoms with Gasteiger partial charge in [-0.15, -0.1) is 0 Å². The lowest BCUT2D eigenvalue weighted by Crippen LogP contribution is -2.14. The number of hydrogen-bond acceptors (Lipinski definition) is 7. The molecule has 2 heterocycles. The molecule has 0 unspecified atom stereocenters. The van der Waals surface area contributed by atoms with Gasteiger partial charge in [0.25, 0.3) is 5.91 Å². The van der Waals surface area contributed by atoms with E-state index in [2.05, 4.69) is 25.9 Å². The van der Waals surface area contributed by atoms with Crippen molar-refractivity contribution in [2.75, 3.05) is 26.5 Å². The lowest BCUT2D eigenvalue weighted by molar-refractivity contribution is 0.102. The summed E-state index contributed by atoms with van der Waals surface area (Å²) in [6.45, 7) is 1.29. The number of rotatable bonds is 11. The van der Waals surface area contributed by atoms with Crippen molar-refractivity contribution in [3.63, 3.8) is 0 Å². The molecule has 0 aliphatic carbocycles. The molecule has 40 heavy (non-hydrogen) atoms. The van der Waals surface area contributed by atoms with E-state index in [0.29, 0.717) is 62.3 Å². The van der Waals surface area contributed by atoms with Gasteiger partial charge in [-0.3, -0.25) is 9.78 Å². The SMILES string of the molecule is CNCc1ccc(C(=O)Nc2cccc(-c3cccc(OCc4nc(OC)c(CNC)cc4Cl)c3Cl)c2Cl)nc1. The van der Waals surface area contributed by atoms with Gasteiger partial charge in [-0.2, -0.15) is 0 Å². The first-order valence-corrected chi connectivity index (χ1v) is 13.5. The number of methoxy groups -OCH3 is 1. The second-order valence-electron chi connectivity index (χ2n) is 8.73.